The van der Waals surface area contributed by atoms with Gasteiger partial charge < -0.3 is 10.1 Å². The first kappa shape index (κ1) is 20.1. The zero-order valence-corrected chi connectivity index (χ0v) is 14.4. The number of Topliss-reactive ketones (excluding diaryl/α,β-unsaturated/α-hetero) is 1. The molecule has 0 aliphatic carbocycles. The van der Waals surface area contributed by atoms with Gasteiger partial charge in [-0.1, -0.05) is 53.9 Å². The van der Waals surface area contributed by atoms with E-state index >= 15 is 0 Å². The second-order valence-electron chi connectivity index (χ2n) is 6.25. The first-order valence-corrected chi connectivity index (χ1v) is 8.33. The van der Waals surface area contributed by atoms with Crippen molar-refractivity contribution in [3.63, 3.8) is 0 Å². The lowest BCUT2D eigenvalue weighted by atomic mass is 9.97. The van der Waals surface area contributed by atoms with E-state index in [1.54, 1.807) is 0 Å². The molecular weight excluding hydrogens is 266 g/mol. The Morgan fingerprint density at radius 1 is 1.05 bits per heavy atom. The molecule has 21 heavy (non-hydrogen) atoms. The number of esters is 1. The number of hydrogen-bond donors (Lipinski definition) is 1. The summed E-state index contributed by atoms with van der Waals surface area (Å²) in [4.78, 5) is 23.8. The second-order valence-corrected chi connectivity index (χ2v) is 6.25. The number of ether oxygens (including phenoxy) is 1. The lowest BCUT2D eigenvalue weighted by Crippen LogP contribution is -2.43. The van der Waals surface area contributed by atoms with Crippen LogP contribution in [0.25, 0.3) is 0 Å². The van der Waals surface area contributed by atoms with Gasteiger partial charge in [-0.05, 0) is 12.8 Å². The van der Waals surface area contributed by atoms with Gasteiger partial charge in [-0.15, -0.1) is 0 Å². The van der Waals surface area contributed by atoms with Crippen LogP contribution in [0.15, 0.2) is 0 Å². The van der Waals surface area contributed by atoms with E-state index in [9.17, 15) is 9.59 Å². The first-order chi connectivity index (χ1) is 9.88. The molecule has 0 rings (SSSR count). The van der Waals surface area contributed by atoms with E-state index in [1.165, 1.54) is 12.8 Å². The first-order valence-electron chi connectivity index (χ1n) is 8.33. The molecule has 1 atom stereocenters. The normalized spacial score (nSPS) is 12.7. The lowest BCUT2D eigenvalue weighted by molar-refractivity contribution is -0.144. The zero-order valence-electron chi connectivity index (χ0n) is 14.4. The smallest absolute Gasteiger partial charge is 0.305 e. The largest absolute Gasteiger partial charge is 0.466 e. The molecule has 124 valence electrons. The third kappa shape index (κ3) is 10.5. The predicted octanol–water partition coefficient (Wildman–Crippen LogP) is 3.48. The Morgan fingerprint density at radius 2 is 1.71 bits per heavy atom. The topological polar surface area (TPSA) is 55.4 Å². The highest BCUT2D eigenvalue weighted by molar-refractivity contribution is 5.86. The summed E-state index contributed by atoms with van der Waals surface area (Å²) in [6.07, 6.45) is 5.21. The monoisotopic (exact) mass is 299 g/mol. The predicted molar refractivity (Wildman–Crippen MR) is 86.2 cm³/mol. The molecule has 0 saturated carbocycles. The quantitative estimate of drug-likeness (QED) is 0.443. The van der Waals surface area contributed by atoms with E-state index in [0.717, 1.165) is 12.8 Å². The fourth-order valence-corrected chi connectivity index (χ4v) is 2.16. The van der Waals surface area contributed by atoms with Crippen molar-refractivity contribution >= 4 is 11.8 Å². The van der Waals surface area contributed by atoms with Crippen LogP contribution in [0.5, 0.6) is 0 Å². The summed E-state index contributed by atoms with van der Waals surface area (Å²) < 4.78 is 5.21. The van der Waals surface area contributed by atoms with E-state index in [4.69, 9.17) is 4.74 Å². The number of ketones is 1. The van der Waals surface area contributed by atoms with Crippen molar-refractivity contribution < 1.29 is 14.3 Å². The maximum Gasteiger partial charge on any atom is 0.305 e. The highest BCUT2D eigenvalue weighted by Gasteiger charge is 2.22. The van der Waals surface area contributed by atoms with Crippen LogP contribution < -0.4 is 5.32 Å². The summed E-state index contributed by atoms with van der Waals surface area (Å²) in [7, 11) is 0. The molecule has 0 aromatic heterocycles. The number of rotatable bonds is 12. The number of nitrogens with one attached hydrogen (secondary N) is 1. The Balaban J connectivity index is 4.05. The molecule has 0 amide bonds. The van der Waals surface area contributed by atoms with E-state index in [-0.39, 0.29) is 29.8 Å². The van der Waals surface area contributed by atoms with Crippen molar-refractivity contribution in [3.05, 3.63) is 0 Å². The number of carbonyl (C=O) groups excluding carboxylic acids is 2. The van der Waals surface area contributed by atoms with Crippen molar-refractivity contribution in [2.24, 2.45) is 5.92 Å². The van der Waals surface area contributed by atoms with E-state index in [0.29, 0.717) is 19.4 Å². The molecule has 0 unspecified atom stereocenters. The maximum atomic E-state index is 12.1. The Morgan fingerprint density at radius 3 is 2.24 bits per heavy atom. The van der Waals surface area contributed by atoms with Crippen LogP contribution in [0.1, 0.15) is 73.1 Å². The van der Waals surface area contributed by atoms with Gasteiger partial charge in [-0.25, -0.2) is 0 Å². The number of unbranched alkanes of at least 4 members (excludes halogenated alkanes) is 3. The van der Waals surface area contributed by atoms with Gasteiger partial charge in [0, 0.05) is 18.4 Å². The molecule has 0 saturated heterocycles. The highest BCUT2D eigenvalue weighted by atomic mass is 16.5. The van der Waals surface area contributed by atoms with Gasteiger partial charge in [-0.2, -0.15) is 0 Å². The van der Waals surface area contributed by atoms with Gasteiger partial charge in [0.05, 0.1) is 12.6 Å². The SMILES string of the molecule is CCCCCCOC(=O)CC[C@H](NC(C)C)C(=O)C(C)C. The molecule has 0 aliphatic heterocycles. The summed E-state index contributed by atoms with van der Waals surface area (Å²) in [5, 5.41) is 3.24. The third-order valence-electron chi connectivity index (χ3n) is 3.35. The van der Waals surface area contributed by atoms with Crippen LogP contribution in [0, 0.1) is 5.92 Å². The highest BCUT2D eigenvalue weighted by Crippen LogP contribution is 2.08. The van der Waals surface area contributed by atoms with Gasteiger partial charge in [0.2, 0.25) is 0 Å². The molecule has 0 radical (unpaired) electrons. The minimum atomic E-state index is -0.252. The average Bonchev–Trinajstić information content (AvgIpc) is 2.41. The van der Waals surface area contributed by atoms with Crippen LogP contribution in [0.2, 0.25) is 0 Å². The Kier molecular flexibility index (Phi) is 11.2. The summed E-state index contributed by atoms with van der Waals surface area (Å²) in [5.41, 5.74) is 0. The van der Waals surface area contributed by atoms with Crippen molar-refractivity contribution in [2.75, 3.05) is 6.61 Å². The van der Waals surface area contributed by atoms with E-state index in [2.05, 4.69) is 12.2 Å². The van der Waals surface area contributed by atoms with Crippen molar-refractivity contribution in [3.8, 4) is 0 Å². The molecule has 0 fully saturated rings. The van der Waals surface area contributed by atoms with E-state index in [1.807, 2.05) is 27.7 Å². The number of hydrogen-bond acceptors (Lipinski definition) is 4. The minimum absolute atomic E-state index is 0.0219. The van der Waals surface area contributed by atoms with Crippen LogP contribution in [-0.4, -0.2) is 30.4 Å². The van der Waals surface area contributed by atoms with Crippen molar-refractivity contribution in [1.82, 2.24) is 5.32 Å². The molecule has 0 spiro atoms. The molecule has 4 heteroatoms. The lowest BCUT2D eigenvalue weighted by Gasteiger charge is -2.21. The van der Waals surface area contributed by atoms with Gasteiger partial charge in [0.1, 0.15) is 0 Å². The van der Waals surface area contributed by atoms with Crippen LogP contribution in [0.3, 0.4) is 0 Å². The Bertz CT molecular complexity index is 300. The Labute approximate surface area is 130 Å². The number of carbonyl (C=O) groups is 2. The van der Waals surface area contributed by atoms with Gasteiger partial charge >= 0.3 is 5.97 Å². The molecule has 4 nitrogen and oxygen atoms in total. The molecule has 0 heterocycles. The van der Waals surface area contributed by atoms with Crippen LogP contribution in [0.4, 0.5) is 0 Å². The maximum absolute atomic E-state index is 12.1. The van der Waals surface area contributed by atoms with Gasteiger partial charge in [-0.3, -0.25) is 9.59 Å². The molecule has 0 aliphatic rings. The fraction of sp³-hybridized carbons (Fsp3) is 0.882. The van der Waals surface area contributed by atoms with Gasteiger partial charge in [0.15, 0.2) is 5.78 Å². The molecule has 0 aromatic rings. The van der Waals surface area contributed by atoms with Crippen molar-refractivity contribution in [2.45, 2.75) is 85.2 Å². The van der Waals surface area contributed by atoms with Gasteiger partial charge in [0.25, 0.3) is 0 Å². The molecular formula is C17H33NO3. The average molecular weight is 299 g/mol. The second kappa shape index (κ2) is 11.7. The molecule has 0 aromatic carbocycles. The molecule has 0 bridgehead atoms. The molecule has 1 N–H and O–H groups in total. The minimum Gasteiger partial charge on any atom is -0.466 e. The van der Waals surface area contributed by atoms with Crippen LogP contribution in [-0.2, 0) is 14.3 Å². The Hall–Kier alpha value is -0.900. The summed E-state index contributed by atoms with van der Waals surface area (Å²) >= 11 is 0. The standard InChI is InChI=1S/C17H33NO3/c1-6-7-8-9-12-21-16(19)11-10-15(18-14(4)5)17(20)13(2)3/h13-15,18H,6-12H2,1-5H3/t15-/m0/s1. The van der Waals surface area contributed by atoms with E-state index < -0.39 is 0 Å². The summed E-state index contributed by atoms with van der Waals surface area (Å²) in [6, 6.07) is -0.0274. The van der Waals surface area contributed by atoms with Crippen molar-refractivity contribution in [1.29, 1.82) is 0 Å². The fourth-order valence-electron chi connectivity index (χ4n) is 2.16. The van der Waals surface area contributed by atoms with Crippen LogP contribution >= 0.6 is 0 Å². The summed E-state index contributed by atoms with van der Waals surface area (Å²) in [6.45, 7) is 10.4. The third-order valence-corrected chi connectivity index (χ3v) is 3.35. The summed E-state index contributed by atoms with van der Waals surface area (Å²) in [5.74, 6) is -0.0515. The zero-order chi connectivity index (χ0) is 16.3.